The topological polar surface area (TPSA) is 108 Å². The van der Waals surface area contributed by atoms with E-state index in [1.165, 1.54) is 161 Å². The van der Waals surface area contributed by atoms with Crippen molar-refractivity contribution < 1.29 is 32.9 Å². The van der Waals surface area contributed by atoms with Crippen LogP contribution < -0.4 is 10.2 Å². The fourth-order valence-corrected chi connectivity index (χ4v) is 7.65. The standard InChI is InChI=1S/C49H95N2O6P/c1-6-8-10-12-14-16-18-20-22-24-25-26-27-29-31-33-35-37-39-41-43-49(53)50-47(46-57-58(54,55)56-45-44-51(3,4)5)48(52)42-40-38-36-34-32-30-28-23-21-19-17-15-13-11-9-7-2/h25-26,32,34,40,42,47-48,52H,6-24,27-31,33,35-39,41,43-46H2,1-5H3,(H-,50,53,54,55)/b26-25-,34-32+,42-40+. The molecule has 0 aliphatic heterocycles. The Kier molecular flexibility index (Phi) is 40.2. The van der Waals surface area contributed by atoms with E-state index in [0.29, 0.717) is 17.4 Å². The molecule has 0 saturated heterocycles. The SMILES string of the molecule is CCCCCCCCCCC/C=C\CCCCCCCCCC(=O)NC(COP(=O)([O-])OCC[N+](C)(C)C)C(O)/C=C/CC/C=C/CCCCCCCCCCCC. The van der Waals surface area contributed by atoms with Crippen LogP contribution in [0.15, 0.2) is 36.5 Å². The maximum atomic E-state index is 12.9. The molecule has 3 unspecified atom stereocenters. The van der Waals surface area contributed by atoms with Crippen molar-refractivity contribution in [2.24, 2.45) is 0 Å². The number of phosphoric acid groups is 1. The van der Waals surface area contributed by atoms with Crippen molar-refractivity contribution in [2.45, 2.75) is 231 Å². The van der Waals surface area contributed by atoms with Gasteiger partial charge in [-0.1, -0.05) is 192 Å². The molecular weight excluding hydrogens is 744 g/mol. The van der Waals surface area contributed by atoms with Crippen LogP contribution >= 0.6 is 7.82 Å². The highest BCUT2D eigenvalue weighted by molar-refractivity contribution is 7.45. The van der Waals surface area contributed by atoms with E-state index in [9.17, 15) is 19.4 Å². The van der Waals surface area contributed by atoms with E-state index in [1.54, 1.807) is 6.08 Å². The second-order valence-electron chi connectivity index (χ2n) is 17.8. The van der Waals surface area contributed by atoms with Gasteiger partial charge < -0.3 is 28.8 Å². The molecule has 58 heavy (non-hydrogen) atoms. The highest BCUT2D eigenvalue weighted by Crippen LogP contribution is 2.38. The van der Waals surface area contributed by atoms with Gasteiger partial charge in [0.1, 0.15) is 13.2 Å². The van der Waals surface area contributed by atoms with E-state index < -0.39 is 26.6 Å². The van der Waals surface area contributed by atoms with E-state index in [4.69, 9.17) is 9.05 Å². The van der Waals surface area contributed by atoms with E-state index >= 15 is 0 Å². The number of rotatable bonds is 44. The Morgan fingerprint density at radius 1 is 0.586 bits per heavy atom. The summed E-state index contributed by atoms with van der Waals surface area (Å²) < 4.78 is 23.2. The fraction of sp³-hybridized carbons (Fsp3) is 0.857. The van der Waals surface area contributed by atoms with Gasteiger partial charge in [-0.2, -0.15) is 0 Å². The van der Waals surface area contributed by atoms with Gasteiger partial charge in [0.05, 0.1) is 39.9 Å². The third kappa shape index (κ3) is 42.8. The molecule has 0 spiro atoms. The molecule has 0 fully saturated rings. The lowest BCUT2D eigenvalue weighted by Gasteiger charge is -2.29. The number of nitrogens with zero attached hydrogens (tertiary/aromatic N) is 1. The number of likely N-dealkylation sites (N-methyl/N-ethyl adjacent to an activating group) is 1. The molecule has 0 aliphatic rings. The summed E-state index contributed by atoms with van der Waals surface area (Å²) in [4.78, 5) is 25.3. The molecule has 3 atom stereocenters. The van der Waals surface area contributed by atoms with Crippen molar-refractivity contribution in [1.82, 2.24) is 5.32 Å². The lowest BCUT2D eigenvalue weighted by atomic mass is 10.1. The predicted molar refractivity (Wildman–Crippen MR) is 247 cm³/mol. The molecule has 2 N–H and O–H groups in total. The lowest BCUT2D eigenvalue weighted by molar-refractivity contribution is -0.870. The molecule has 0 radical (unpaired) electrons. The van der Waals surface area contributed by atoms with Crippen molar-refractivity contribution in [1.29, 1.82) is 0 Å². The monoisotopic (exact) mass is 839 g/mol. The van der Waals surface area contributed by atoms with Gasteiger partial charge in [0.15, 0.2) is 0 Å². The predicted octanol–water partition coefficient (Wildman–Crippen LogP) is 13.2. The minimum absolute atomic E-state index is 0.00698. The molecule has 0 rings (SSSR count). The Morgan fingerprint density at radius 2 is 0.966 bits per heavy atom. The van der Waals surface area contributed by atoms with Crippen molar-refractivity contribution in [2.75, 3.05) is 40.9 Å². The number of quaternary nitrogens is 1. The average Bonchev–Trinajstić information content (AvgIpc) is 3.17. The summed E-state index contributed by atoms with van der Waals surface area (Å²) in [5.41, 5.74) is 0. The van der Waals surface area contributed by atoms with E-state index in [2.05, 4.69) is 43.5 Å². The normalized spacial score (nSPS) is 14.5. The van der Waals surface area contributed by atoms with Crippen LogP contribution in [0.4, 0.5) is 0 Å². The van der Waals surface area contributed by atoms with Crippen molar-refractivity contribution in [3.05, 3.63) is 36.5 Å². The third-order valence-electron chi connectivity index (χ3n) is 10.8. The minimum atomic E-state index is -4.60. The van der Waals surface area contributed by atoms with Gasteiger partial charge in [-0.25, -0.2) is 0 Å². The number of allylic oxidation sites excluding steroid dienone is 5. The quantitative estimate of drug-likeness (QED) is 0.0274. The number of carbonyl (C=O) groups is 1. The summed E-state index contributed by atoms with van der Waals surface area (Å²) in [6.07, 6.45) is 50.5. The third-order valence-corrected chi connectivity index (χ3v) is 11.8. The van der Waals surface area contributed by atoms with Crippen LogP contribution in [-0.2, 0) is 18.4 Å². The first-order valence-corrected chi connectivity index (χ1v) is 25.8. The Morgan fingerprint density at radius 3 is 1.40 bits per heavy atom. The zero-order valence-corrected chi connectivity index (χ0v) is 39.6. The average molecular weight is 839 g/mol. The summed E-state index contributed by atoms with van der Waals surface area (Å²) in [7, 11) is 1.24. The molecule has 0 aromatic carbocycles. The number of phosphoric ester groups is 1. The van der Waals surface area contributed by atoms with Crippen LogP contribution in [0.1, 0.15) is 219 Å². The number of aliphatic hydroxyl groups is 1. The van der Waals surface area contributed by atoms with Gasteiger partial charge in [-0.05, 0) is 57.8 Å². The van der Waals surface area contributed by atoms with Gasteiger partial charge in [0.2, 0.25) is 5.91 Å². The number of hydrogen-bond donors (Lipinski definition) is 2. The summed E-state index contributed by atoms with van der Waals surface area (Å²) >= 11 is 0. The second-order valence-corrected chi connectivity index (χ2v) is 19.2. The van der Waals surface area contributed by atoms with E-state index in [0.717, 1.165) is 38.5 Å². The molecular formula is C49H95N2O6P. The van der Waals surface area contributed by atoms with Crippen LogP contribution in [0.25, 0.3) is 0 Å². The summed E-state index contributed by atoms with van der Waals surface area (Å²) in [6, 6.07) is -0.904. The van der Waals surface area contributed by atoms with E-state index in [1.807, 2.05) is 27.2 Å². The van der Waals surface area contributed by atoms with E-state index in [-0.39, 0.29) is 12.5 Å². The number of nitrogens with one attached hydrogen (secondary N) is 1. The summed E-state index contributed by atoms with van der Waals surface area (Å²) in [5, 5.41) is 13.8. The highest BCUT2D eigenvalue weighted by atomic mass is 31.2. The van der Waals surface area contributed by atoms with Gasteiger partial charge in [0.25, 0.3) is 7.82 Å². The Labute approximate surface area is 359 Å². The van der Waals surface area contributed by atoms with Gasteiger partial charge >= 0.3 is 0 Å². The first kappa shape index (κ1) is 56.7. The molecule has 8 nitrogen and oxygen atoms in total. The molecule has 9 heteroatoms. The smallest absolute Gasteiger partial charge is 0.268 e. The molecule has 0 aromatic heterocycles. The maximum Gasteiger partial charge on any atom is 0.268 e. The molecule has 0 saturated carbocycles. The van der Waals surface area contributed by atoms with Crippen LogP contribution in [-0.4, -0.2) is 68.5 Å². The lowest BCUT2D eigenvalue weighted by Crippen LogP contribution is -2.45. The number of hydrogen-bond acceptors (Lipinski definition) is 6. The van der Waals surface area contributed by atoms with Gasteiger partial charge in [-0.15, -0.1) is 0 Å². The molecule has 0 aliphatic carbocycles. The van der Waals surface area contributed by atoms with Crippen LogP contribution in [0, 0.1) is 0 Å². The van der Waals surface area contributed by atoms with Crippen molar-refractivity contribution in [3.8, 4) is 0 Å². The largest absolute Gasteiger partial charge is 0.756 e. The number of amides is 1. The first-order chi connectivity index (χ1) is 28.0. The van der Waals surface area contributed by atoms with Crippen molar-refractivity contribution >= 4 is 13.7 Å². The van der Waals surface area contributed by atoms with Crippen molar-refractivity contribution in [3.63, 3.8) is 0 Å². The molecule has 0 aromatic rings. The minimum Gasteiger partial charge on any atom is -0.756 e. The fourth-order valence-electron chi connectivity index (χ4n) is 6.93. The van der Waals surface area contributed by atoms with Gasteiger partial charge in [0, 0.05) is 6.42 Å². The first-order valence-electron chi connectivity index (χ1n) is 24.4. The summed E-state index contributed by atoms with van der Waals surface area (Å²) in [6.45, 7) is 4.63. The molecule has 1 amide bonds. The molecule has 0 bridgehead atoms. The number of unbranched alkanes of at least 4 members (excludes halogenated alkanes) is 27. The van der Waals surface area contributed by atoms with Crippen LogP contribution in [0.3, 0.4) is 0 Å². The number of aliphatic hydroxyl groups excluding tert-OH is 1. The van der Waals surface area contributed by atoms with Gasteiger partial charge in [-0.3, -0.25) is 9.36 Å². The second kappa shape index (κ2) is 41.1. The highest BCUT2D eigenvalue weighted by Gasteiger charge is 2.23. The number of carbonyl (C=O) groups excluding carboxylic acids is 1. The zero-order valence-electron chi connectivity index (χ0n) is 38.8. The zero-order chi connectivity index (χ0) is 42.8. The Hall–Kier alpha value is -1.28. The maximum absolute atomic E-state index is 12.9. The molecule has 0 heterocycles. The van der Waals surface area contributed by atoms with Crippen LogP contribution in [0.2, 0.25) is 0 Å². The molecule has 342 valence electrons. The Balaban J connectivity index is 4.39. The van der Waals surface area contributed by atoms with Crippen LogP contribution in [0.5, 0.6) is 0 Å². The summed E-state index contributed by atoms with van der Waals surface area (Å²) in [5.74, 6) is -0.211. The Bertz CT molecular complexity index is 1040.